The second kappa shape index (κ2) is 7.06. The highest BCUT2D eigenvalue weighted by atomic mass is 35.5. The Morgan fingerprint density at radius 1 is 1.44 bits per heavy atom. The normalized spacial score (nSPS) is 14.2. The molecule has 0 aliphatic carbocycles. The number of thiophene rings is 1. The number of halogens is 1. The predicted molar refractivity (Wildman–Crippen MR) is 104 cm³/mol. The third-order valence-electron chi connectivity index (χ3n) is 3.75. The van der Waals surface area contributed by atoms with Gasteiger partial charge in [-0.05, 0) is 30.0 Å². The van der Waals surface area contributed by atoms with E-state index in [1.54, 1.807) is 0 Å². The van der Waals surface area contributed by atoms with Crippen LogP contribution in [0.15, 0.2) is 36.6 Å². The van der Waals surface area contributed by atoms with E-state index in [2.05, 4.69) is 15.7 Å². The molecule has 0 amide bonds. The number of anilines is 1. The van der Waals surface area contributed by atoms with Gasteiger partial charge in [-0.1, -0.05) is 38.4 Å². The molecule has 0 radical (unpaired) electrons. The number of nitrogens with zero attached hydrogens (tertiary/aromatic N) is 2. The van der Waals surface area contributed by atoms with Crippen LogP contribution in [0.5, 0.6) is 0 Å². The summed E-state index contributed by atoms with van der Waals surface area (Å²) in [6, 6.07) is 5.77. The average molecular weight is 377 g/mol. The van der Waals surface area contributed by atoms with Gasteiger partial charge >= 0.3 is 0 Å². The first-order valence-electron chi connectivity index (χ1n) is 8.07. The summed E-state index contributed by atoms with van der Waals surface area (Å²) in [6.45, 7) is 6.96. The zero-order valence-electron chi connectivity index (χ0n) is 14.5. The molecule has 2 aromatic heterocycles. The number of dihydropyridines is 1. The second-order valence-electron chi connectivity index (χ2n) is 6.87. The quantitative estimate of drug-likeness (QED) is 0.830. The highest BCUT2D eigenvalue weighted by Gasteiger charge is 2.27. The van der Waals surface area contributed by atoms with Gasteiger partial charge in [-0.2, -0.15) is 9.78 Å². The first-order valence-corrected chi connectivity index (χ1v) is 9.26. The topological polar surface area (TPSA) is 59.0 Å². The van der Waals surface area contributed by atoms with Crippen molar-refractivity contribution in [2.75, 3.05) is 11.9 Å². The maximum Gasteiger partial charge on any atom is 0.254 e. The molecule has 0 aromatic carbocycles. The molecule has 0 spiro atoms. The number of carbonyl (C=O) groups excluding carboxylic acids is 1. The Morgan fingerprint density at radius 3 is 2.84 bits per heavy atom. The number of allylic oxidation sites excluding steroid dienone is 2. The Kier molecular flexibility index (Phi) is 5.01. The summed E-state index contributed by atoms with van der Waals surface area (Å²) in [6.07, 6.45) is 5.83. The minimum Gasteiger partial charge on any atom is -0.387 e. The van der Waals surface area contributed by atoms with Crippen LogP contribution >= 0.6 is 22.9 Å². The maximum absolute atomic E-state index is 12.8. The summed E-state index contributed by atoms with van der Waals surface area (Å²) < 4.78 is 2.23. The fourth-order valence-corrected chi connectivity index (χ4v) is 3.42. The summed E-state index contributed by atoms with van der Waals surface area (Å²) in [7, 11) is 0. The zero-order valence-corrected chi connectivity index (χ0v) is 16.0. The van der Waals surface area contributed by atoms with Crippen molar-refractivity contribution >= 4 is 40.2 Å². The molecule has 2 aromatic rings. The Morgan fingerprint density at radius 2 is 2.24 bits per heavy atom. The Bertz CT molecular complexity index is 842. The van der Waals surface area contributed by atoms with Crippen molar-refractivity contribution in [3.63, 3.8) is 0 Å². The minimum atomic E-state index is -0.523. The molecule has 1 aliphatic rings. The third-order valence-corrected chi connectivity index (χ3v) is 4.98. The van der Waals surface area contributed by atoms with E-state index in [0.29, 0.717) is 18.9 Å². The molecular weight excluding hydrogens is 356 g/mol. The van der Waals surface area contributed by atoms with Gasteiger partial charge in [0.2, 0.25) is 0 Å². The number of aromatic nitrogens is 2. The molecule has 25 heavy (non-hydrogen) atoms. The average Bonchev–Trinajstić information content (AvgIpc) is 3.18. The lowest BCUT2D eigenvalue weighted by molar-refractivity contribution is 0.0751. The highest BCUT2D eigenvalue weighted by Crippen LogP contribution is 2.26. The molecule has 7 heteroatoms. The van der Waals surface area contributed by atoms with Crippen molar-refractivity contribution in [2.24, 2.45) is 5.41 Å². The van der Waals surface area contributed by atoms with Gasteiger partial charge in [-0.15, -0.1) is 11.3 Å². The van der Waals surface area contributed by atoms with E-state index in [-0.39, 0.29) is 5.91 Å². The van der Waals surface area contributed by atoms with Gasteiger partial charge in [0.15, 0.2) is 0 Å². The molecule has 0 saturated heterocycles. The largest absolute Gasteiger partial charge is 0.387 e. The van der Waals surface area contributed by atoms with Crippen LogP contribution in [-0.2, 0) is 6.54 Å². The van der Waals surface area contributed by atoms with Crippen LogP contribution in [0.25, 0.3) is 5.57 Å². The van der Waals surface area contributed by atoms with Crippen LogP contribution in [0.3, 0.4) is 0 Å². The smallest absolute Gasteiger partial charge is 0.254 e. The lowest BCUT2D eigenvalue weighted by Gasteiger charge is -2.18. The van der Waals surface area contributed by atoms with E-state index in [1.807, 2.05) is 57.3 Å². The van der Waals surface area contributed by atoms with Gasteiger partial charge in [-0.3, -0.25) is 4.79 Å². The molecule has 132 valence electrons. The first kappa shape index (κ1) is 17.8. The van der Waals surface area contributed by atoms with Gasteiger partial charge in [0.25, 0.3) is 5.91 Å². The van der Waals surface area contributed by atoms with Crippen LogP contribution in [0, 0.1) is 5.41 Å². The van der Waals surface area contributed by atoms with Gasteiger partial charge in [0, 0.05) is 22.9 Å². The lowest BCUT2D eigenvalue weighted by atomic mass is 9.96. The van der Waals surface area contributed by atoms with Crippen LogP contribution in [0.4, 0.5) is 5.82 Å². The fraction of sp³-hybridized carbons (Fsp3) is 0.333. The maximum atomic E-state index is 12.8. The molecule has 1 aliphatic heterocycles. The van der Waals surface area contributed by atoms with Crippen molar-refractivity contribution in [3.8, 4) is 0 Å². The molecule has 0 atom stereocenters. The number of carbonyl (C=O) groups is 1. The molecule has 0 unspecified atom stereocenters. The van der Waals surface area contributed by atoms with Gasteiger partial charge in [0.05, 0.1) is 16.6 Å². The van der Waals surface area contributed by atoms with Crippen LogP contribution in [0.1, 0.15) is 36.1 Å². The van der Waals surface area contributed by atoms with Gasteiger partial charge in [0.1, 0.15) is 5.82 Å². The minimum absolute atomic E-state index is 0.0506. The molecule has 0 bridgehead atoms. The summed E-state index contributed by atoms with van der Waals surface area (Å²) in [4.78, 5) is 13.9. The standard InChI is InChI=1S/C18H21ClN4OS/c1-18(2,3)17(24)23-16(21-11-13-6-7-15(19)25-13)9-14(22-23)12-5-4-8-20-10-12/h4-9,20-21H,10-11H2,1-3H3. The molecule has 5 nitrogen and oxygen atoms in total. The summed E-state index contributed by atoms with van der Waals surface area (Å²) in [5.74, 6) is 0.639. The highest BCUT2D eigenvalue weighted by molar-refractivity contribution is 7.16. The van der Waals surface area contributed by atoms with E-state index in [1.165, 1.54) is 16.0 Å². The van der Waals surface area contributed by atoms with Crippen LogP contribution in [-0.4, -0.2) is 22.2 Å². The number of rotatable bonds is 4. The number of hydrogen-bond donors (Lipinski definition) is 2. The Hall–Kier alpha value is -2.05. The third kappa shape index (κ3) is 4.14. The van der Waals surface area contributed by atoms with Crippen molar-refractivity contribution in [1.29, 1.82) is 0 Å². The fourth-order valence-electron chi connectivity index (χ4n) is 2.40. The zero-order chi connectivity index (χ0) is 18.0. The lowest BCUT2D eigenvalue weighted by Crippen LogP contribution is -2.29. The molecular formula is C18H21ClN4OS. The number of nitrogens with one attached hydrogen (secondary N) is 2. The van der Waals surface area contributed by atoms with Crippen molar-refractivity contribution < 1.29 is 4.79 Å². The molecule has 0 fully saturated rings. The van der Waals surface area contributed by atoms with E-state index in [0.717, 1.165) is 20.5 Å². The van der Waals surface area contributed by atoms with Gasteiger partial charge < -0.3 is 10.6 Å². The van der Waals surface area contributed by atoms with E-state index < -0.39 is 5.41 Å². The van der Waals surface area contributed by atoms with Crippen LogP contribution < -0.4 is 10.6 Å². The monoisotopic (exact) mass is 376 g/mol. The molecule has 2 N–H and O–H groups in total. The van der Waals surface area contributed by atoms with Crippen molar-refractivity contribution in [2.45, 2.75) is 27.3 Å². The SMILES string of the molecule is CC(C)(C)C(=O)n1nc(C2=CC=CNC2)cc1NCc1ccc(Cl)s1. The summed E-state index contributed by atoms with van der Waals surface area (Å²) >= 11 is 7.51. The van der Waals surface area contributed by atoms with E-state index >= 15 is 0 Å². The van der Waals surface area contributed by atoms with Crippen molar-refractivity contribution in [3.05, 3.63) is 51.5 Å². The molecule has 3 heterocycles. The number of hydrogen-bond acceptors (Lipinski definition) is 5. The Balaban J connectivity index is 1.90. The molecule has 3 rings (SSSR count). The van der Waals surface area contributed by atoms with Crippen molar-refractivity contribution in [1.82, 2.24) is 15.1 Å². The summed E-state index contributed by atoms with van der Waals surface area (Å²) in [5, 5.41) is 11.0. The predicted octanol–water partition coefficient (Wildman–Crippen LogP) is 4.40. The first-order chi connectivity index (χ1) is 11.8. The van der Waals surface area contributed by atoms with E-state index in [4.69, 9.17) is 11.6 Å². The second-order valence-corrected chi connectivity index (χ2v) is 8.67. The van der Waals surface area contributed by atoms with E-state index in [9.17, 15) is 4.79 Å². The van der Waals surface area contributed by atoms with Gasteiger partial charge in [-0.25, -0.2) is 0 Å². The molecule has 0 saturated carbocycles. The summed E-state index contributed by atoms with van der Waals surface area (Å²) in [5.41, 5.74) is 1.32. The Labute approximate surface area is 156 Å². The van der Waals surface area contributed by atoms with Crippen LogP contribution in [0.2, 0.25) is 4.34 Å².